The molecule has 0 unspecified atom stereocenters. The van der Waals surface area contributed by atoms with Crippen molar-refractivity contribution >= 4 is 5.71 Å². The number of nitrogens with two attached hydrogens (primary N) is 1. The summed E-state index contributed by atoms with van der Waals surface area (Å²) in [4.78, 5) is 0. The number of rotatable bonds is 2. The Hall–Kier alpha value is -1.51. The Morgan fingerprint density at radius 1 is 1.31 bits per heavy atom. The first-order chi connectivity index (χ1) is 6.15. The molecule has 0 saturated heterocycles. The standard InChI is InChI=1S/C10H14N2O/c1-7(2)10(12-11)8-3-5-9(13)6-4-8/h3-7,13H,11H2,1-2H3. The monoisotopic (exact) mass is 178 g/mol. The zero-order chi connectivity index (χ0) is 9.84. The van der Waals surface area contributed by atoms with Crippen LogP contribution in [0.25, 0.3) is 0 Å². The quantitative estimate of drug-likeness (QED) is 0.411. The lowest BCUT2D eigenvalue weighted by Gasteiger charge is -2.08. The van der Waals surface area contributed by atoms with E-state index in [9.17, 15) is 0 Å². The third-order valence-electron chi connectivity index (χ3n) is 1.85. The number of nitrogens with zero attached hydrogens (tertiary/aromatic N) is 1. The molecule has 0 atom stereocenters. The van der Waals surface area contributed by atoms with Crippen molar-refractivity contribution in [1.29, 1.82) is 0 Å². The maximum Gasteiger partial charge on any atom is 0.115 e. The molecule has 1 aromatic carbocycles. The zero-order valence-corrected chi connectivity index (χ0v) is 7.86. The van der Waals surface area contributed by atoms with Gasteiger partial charge in [0.1, 0.15) is 5.75 Å². The highest BCUT2D eigenvalue weighted by molar-refractivity contribution is 6.01. The van der Waals surface area contributed by atoms with Gasteiger partial charge in [0.2, 0.25) is 0 Å². The molecular weight excluding hydrogens is 164 g/mol. The fourth-order valence-corrected chi connectivity index (χ4v) is 1.19. The molecule has 1 rings (SSSR count). The van der Waals surface area contributed by atoms with Crippen molar-refractivity contribution in [2.75, 3.05) is 0 Å². The van der Waals surface area contributed by atoms with Crippen LogP contribution in [0, 0.1) is 5.92 Å². The van der Waals surface area contributed by atoms with E-state index in [0.717, 1.165) is 11.3 Å². The van der Waals surface area contributed by atoms with E-state index in [0.29, 0.717) is 0 Å². The van der Waals surface area contributed by atoms with Crippen LogP contribution >= 0.6 is 0 Å². The van der Waals surface area contributed by atoms with Crippen LogP contribution in [-0.4, -0.2) is 10.8 Å². The van der Waals surface area contributed by atoms with Crippen molar-refractivity contribution in [2.24, 2.45) is 16.9 Å². The predicted molar refractivity (Wildman–Crippen MR) is 53.7 cm³/mol. The molecule has 3 nitrogen and oxygen atoms in total. The molecule has 0 aliphatic heterocycles. The minimum atomic E-state index is 0.254. The van der Waals surface area contributed by atoms with E-state index < -0.39 is 0 Å². The third-order valence-corrected chi connectivity index (χ3v) is 1.85. The van der Waals surface area contributed by atoms with Crippen LogP contribution in [0.3, 0.4) is 0 Å². The fraction of sp³-hybridized carbons (Fsp3) is 0.300. The second-order valence-electron chi connectivity index (χ2n) is 3.22. The summed E-state index contributed by atoms with van der Waals surface area (Å²) in [5.41, 5.74) is 1.80. The van der Waals surface area contributed by atoms with Crippen molar-refractivity contribution in [2.45, 2.75) is 13.8 Å². The highest BCUT2D eigenvalue weighted by Crippen LogP contribution is 2.13. The summed E-state index contributed by atoms with van der Waals surface area (Å²) in [5, 5.41) is 12.8. The molecule has 0 saturated carbocycles. The molecule has 0 fully saturated rings. The lowest BCUT2D eigenvalue weighted by atomic mass is 10.0. The second kappa shape index (κ2) is 3.94. The smallest absolute Gasteiger partial charge is 0.115 e. The summed E-state index contributed by atoms with van der Waals surface area (Å²) in [5.74, 6) is 5.81. The van der Waals surface area contributed by atoms with Gasteiger partial charge in [-0.15, -0.1) is 0 Å². The van der Waals surface area contributed by atoms with Crippen LogP contribution in [0.4, 0.5) is 0 Å². The maximum atomic E-state index is 9.08. The number of phenols is 1. The molecule has 0 aliphatic rings. The van der Waals surface area contributed by atoms with E-state index in [1.54, 1.807) is 24.3 Å². The lowest BCUT2D eigenvalue weighted by Crippen LogP contribution is -2.11. The Bertz CT molecular complexity index is 301. The van der Waals surface area contributed by atoms with Gasteiger partial charge in [-0.1, -0.05) is 13.8 Å². The van der Waals surface area contributed by atoms with Gasteiger partial charge in [-0.3, -0.25) is 0 Å². The molecule has 3 N–H and O–H groups in total. The molecule has 0 bridgehead atoms. The van der Waals surface area contributed by atoms with Crippen molar-refractivity contribution in [3.63, 3.8) is 0 Å². The average molecular weight is 178 g/mol. The van der Waals surface area contributed by atoms with Crippen molar-refractivity contribution in [3.05, 3.63) is 29.8 Å². The molecule has 0 aliphatic carbocycles. The van der Waals surface area contributed by atoms with Crippen LogP contribution < -0.4 is 5.84 Å². The van der Waals surface area contributed by atoms with Crippen LogP contribution in [-0.2, 0) is 0 Å². The Morgan fingerprint density at radius 3 is 2.23 bits per heavy atom. The second-order valence-corrected chi connectivity index (χ2v) is 3.22. The Morgan fingerprint density at radius 2 is 1.85 bits per heavy atom. The fourth-order valence-electron chi connectivity index (χ4n) is 1.19. The molecule has 1 aromatic rings. The SMILES string of the molecule is CC(C)C(=NN)c1ccc(O)cc1. The topological polar surface area (TPSA) is 58.6 Å². The van der Waals surface area contributed by atoms with Gasteiger partial charge in [0.05, 0.1) is 5.71 Å². The van der Waals surface area contributed by atoms with Crippen LogP contribution in [0.2, 0.25) is 0 Å². The van der Waals surface area contributed by atoms with E-state index in [2.05, 4.69) is 5.10 Å². The summed E-state index contributed by atoms with van der Waals surface area (Å²) in [6, 6.07) is 6.87. The Balaban J connectivity index is 3.00. The molecule has 0 heterocycles. The third kappa shape index (κ3) is 2.21. The van der Waals surface area contributed by atoms with Crippen LogP contribution in [0.5, 0.6) is 5.75 Å². The van der Waals surface area contributed by atoms with Gasteiger partial charge in [0.25, 0.3) is 0 Å². The van der Waals surface area contributed by atoms with Crippen molar-refractivity contribution in [3.8, 4) is 5.75 Å². The van der Waals surface area contributed by atoms with Gasteiger partial charge < -0.3 is 10.9 Å². The van der Waals surface area contributed by atoms with Gasteiger partial charge in [-0.25, -0.2) is 0 Å². The summed E-state index contributed by atoms with van der Waals surface area (Å²) >= 11 is 0. The number of hydrogen-bond donors (Lipinski definition) is 2. The molecule has 0 amide bonds. The maximum absolute atomic E-state index is 9.08. The lowest BCUT2D eigenvalue weighted by molar-refractivity contribution is 0.475. The number of hydrazone groups is 1. The van der Waals surface area contributed by atoms with E-state index in [4.69, 9.17) is 10.9 Å². The highest BCUT2D eigenvalue weighted by Gasteiger charge is 2.07. The predicted octanol–water partition coefficient (Wildman–Crippen LogP) is 1.71. The summed E-state index contributed by atoms with van der Waals surface area (Å²) in [6.07, 6.45) is 0. The van der Waals surface area contributed by atoms with Gasteiger partial charge in [-0.05, 0) is 35.7 Å². The van der Waals surface area contributed by atoms with Gasteiger partial charge in [0.15, 0.2) is 0 Å². The minimum absolute atomic E-state index is 0.254. The molecule has 0 spiro atoms. The number of benzene rings is 1. The van der Waals surface area contributed by atoms with E-state index in [-0.39, 0.29) is 11.7 Å². The number of aromatic hydroxyl groups is 1. The molecule has 70 valence electrons. The van der Waals surface area contributed by atoms with Gasteiger partial charge >= 0.3 is 0 Å². The normalized spacial score (nSPS) is 12.1. The number of hydrogen-bond acceptors (Lipinski definition) is 3. The first kappa shape index (κ1) is 9.58. The summed E-state index contributed by atoms with van der Waals surface area (Å²) < 4.78 is 0. The molecule has 0 aromatic heterocycles. The molecule has 13 heavy (non-hydrogen) atoms. The van der Waals surface area contributed by atoms with E-state index in [1.807, 2.05) is 13.8 Å². The minimum Gasteiger partial charge on any atom is -0.508 e. The first-order valence-electron chi connectivity index (χ1n) is 4.22. The van der Waals surface area contributed by atoms with Crippen LogP contribution in [0.15, 0.2) is 29.4 Å². The van der Waals surface area contributed by atoms with Crippen molar-refractivity contribution < 1.29 is 5.11 Å². The van der Waals surface area contributed by atoms with Crippen molar-refractivity contribution in [1.82, 2.24) is 0 Å². The molecule has 3 heteroatoms. The zero-order valence-electron chi connectivity index (χ0n) is 7.86. The number of phenolic OH excluding ortho intramolecular Hbond substituents is 1. The van der Waals surface area contributed by atoms with Gasteiger partial charge in [-0.2, -0.15) is 5.10 Å². The Labute approximate surface area is 77.9 Å². The van der Waals surface area contributed by atoms with Crippen LogP contribution in [0.1, 0.15) is 19.4 Å². The first-order valence-corrected chi connectivity index (χ1v) is 4.22. The summed E-state index contributed by atoms with van der Waals surface area (Å²) in [7, 11) is 0. The summed E-state index contributed by atoms with van der Waals surface area (Å²) in [6.45, 7) is 4.05. The average Bonchev–Trinajstić information content (AvgIpc) is 2.09. The molecular formula is C10H14N2O. The highest BCUT2D eigenvalue weighted by atomic mass is 16.3. The largest absolute Gasteiger partial charge is 0.508 e. The van der Waals surface area contributed by atoms with E-state index in [1.165, 1.54) is 0 Å². The van der Waals surface area contributed by atoms with Gasteiger partial charge in [0, 0.05) is 0 Å². The molecule has 0 radical (unpaired) electrons. The Kier molecular flexibility index (Phi) is 2.90. The van der Waals surface area contributed by atoms with E-state index >= 15 is 0 Å².